The smallest absolute Gasteiger partial charge is 0.341 e. The molecule has 0 spiro atoms. The highest BCUT2D eigenvalue weighted by Crippen LogP contribution is 2.37. The van der Waals surface area contributed by atoms with E-state index < -0.39 is 5.97 Å². The number of carboxylic acid groups (broad SMARTS) is 1. The van der Waals surface area contributed by atoms with Gasteiger partial charge in [-0.1, -0.05) is 25.0 Å². The zero-order chi connectivity index (χ0) is 15.3. The van der Waals surface area contributed by atoms with Crippen LogP contribution in [0.25, 0.3) is 22.2 Å². The maximum Gasteiger partial charge on any atom is 0.341 e. The van der Waals surface area contributed by atoms with Crippen LogP contribution in [0.4, 0.5) is 5.82 Å². The lowest BCUT2D eigenvalue weighted by Crippen LogP contribution is -2.10. The number of anilines is 1. The van der Waals surface area contributed by atoms with Crippen molar-refractivity contribution < 1.29 is 9.90 Å². The molecule has 112 valence electrons. The summed E-state index contributed by atoms with van der Waals surface area (Å²) in [7, 11) is 0. The molecular formula is C16H16N4O2. The number of aromatic carboxylic acids is 1. The van der Waals surface area contributed by atoms with Crippen LogP contribution in [0.15, 0.2) is 24.3 Å². The lowest BCUT2D eigenvalue weighted by atomic mass is 10.2. The molecule has 2 aromatic heterocycles. The van der Waals surface area contributed by atoms with E-state index in [0.717, 1.165) is 31.2 Å². The molecule has 1 saturated carbocycles. The van der Waals surface area contributed by atoms with Crippen molar-refractivity contribution in [3.63, 3.8) is 0 Å². The second-order valence-electron chi connectivity index (χ2n) is 5.76. The van der Waals surface area contributed by atoms with Crippen molar-refractivity contribution in [2.45, 2.75) is 31.7 Å². The number of benzene rings is 1. The van der Waals surface area contributed by atoms with Crippen LogP contribution in [0.2, 0.25) is 0 Å². The minimum Gasteiger partial charge on any atom is -0.477 e. The summed E-state index contributed by atoms with van der Waals surface area (Å²) in [6, 6.07) is 7.68. The molecular weight excluding hydrogens is 280 g/mol. The van der Waals surface area contributed by atoms with Gasteiger partial charge >= 0.3 is 5.97 Å². The molecule has 0 unspecified atom stereocenters. The number of para-hydroxylation sites is 2. The Bertz CT molecular complexity index is 894. The molecule has 2 heterocycles. The van der Waals surface area contributed by atoms with E-state index in [2.05, 4.69) is 9.97 Å². The van der Waals surface area contributed by atoms with Gasteiger partial charge in [-0.05, 0) is 25.0 Å². The van der Waals surface area contributed by atoms with Crippen LogP contribution in [0, 0.1) is 0 Å². The monoisotopic (exact) mass is 296 g/mol. The van der Waals surface area contributed by atoms with Crippen molar-refractivity contribution in [1.29, 1.82) is 0 Å². The van der Waals surface area contributed by atoms with Gasteiger partial charge in [-0.25, -0.2) is 14.8 Å². The summed E-state index contributed by atoms with van der Waals surface area (Å²) < 4.78 is 1.88. The molecule has 0 aliphatic heterocycles. The van der Waals surface area contributed by atoms with Crippen molar-refractivity contribution in [1.82, 2.24) is 14.5 Å². The molecule has 22 heavy (non-hydrogen) atoms. The van der Waals surface area contributed by atoms with E-state index in [1.54, 1.807) is 0 Å². The van der Waals surface area contributed by atoms with Crippen LogP contribution in [0.1, 0.15) is 42.1 Å². The van der Waals surface area contributed by atoms with Gasteiger partial charge in [-0.3, -0.25) is 0 Å². The lowest BCUT2D eigenvalue weighted by Gasteiger charge is -2.14. The van der Waals surface area contributed by atoms with Gasteiger partial charge in [0.2, 0.25) is 0 Å². The molecule has 6 heteroatoms. The first-order chi connectivity index (χ1) is 10.7. The Morgan fingerprint density at radius 1 is 1.18 bits per heavy atom. The van der Waals surface area contributed by atoms with Crippen LogP contribution < -0.4 is 5.73 Å². The highest BCUT2D eigenvalue weighted by Gasteiger charge is 2.28. The summed E-state index contributed by atoms with van der Waals surface area (Å²) in [4.78, 5) is 20.8. The predicted molar refractivity (Wildman–Crippen MR) is 83.9 cm³/mol. The molecule has 0 saturated heterocycles. The first-order valence-electron chi connectivity index (χ1n) is 7.46. The Balaban J connectivity index is 2.11. The van der Waals surface area contributed by atoms with E-state index in [0.29, 0.717) is 16.7 Å². The highest BCUT2D eigenvalue weighted by atomic mass is 16.4. The normalized spacial score (nSPS) is 15.8. The molecule has 0 atom stereocenters. The molecule has 3 aromatic rings. The topological polar surface area (TPSA) is 94.0 Å². The minimum absolute atomic E-state index is 0.0696. The van der Waals surface area contributed by atoms with Crippen LogP contribution in [0.3, 0.4) is 0 Å². The molecule has 1 aromatic carbocycles. The number of hydrogen-bond acceptors (Lipinski definition) is 4. The zero-order valence-electron chi connectivity index (χ0n) is 12.0. The maximum absolute atomic E-state index is 11.6. The van der Waals surface area contributed by atoms with E-state index in [1.807, 2.05) is 28.8 Å². The molecule has 1 aliphatic rings. The number of fused-ring (bicyclic) bond motifs is 2. The summed E-state index contributed by atoms with van der Waals surface area (Å²) in [5, 5.41) is 9.53. The Morgan fingerprint density at radius 3 is 2.45 bits per heavy atom. The number of nitrogen functional groups attached to an aromatic ring is 1. The number of carboxylic acids is 1. The van der Waals surface area contributed by atoms with E-state index in [1.165, 1.54) is 0 Å². The molecule has 3 N–H and O–H groups in total. The fraction of sp³-hybridized carbons (Fsp3) is 0.312. The average Bonchev–Trinajstić information content (AvgIpc) is 3.09. The largest absolute Gasteiger partial charge is 0.477 e. The third-order valence-corrected chi connectivity index (χ3v) is 4.44. The predicted octanol–water partition coefficient (Wildman–Crippen LogP) is 2.98. The molecule has 4 rings (SSSR count). The number of carbonyl (C=O) groups is 1. The van der Waals surface area contributed by atoms with Crippen molar-refractivity contribution >= 4 is 34.0 Å². The molecule has 1 fully saturated rings. The third kappa shape index (κ3) is 1.76. The van der Waals surface area contributed by atoms with Gasteiger partial charge in [0.1, 0.15) is 16.9 Å². The van der Waals surface area contributed by atoms with Crippen molar-refractivity contribution in [3.8, 4) is 0 Å². The molecule has 1 aliphatic carbocycles. The quantitative estimate of drug-likeness (QED) is 0.758. The van der Waals surface area contributed by atoms with Gasteiger partial charge in [-0.15, -0.1) is 0 Å². The second kappa shape index (κ2) is 4.69. The second-order valence-corrected chi connectivity index (χ2v) is 5.76. The van der Waals surface area contributed by atoms with Crippen LogP contribution >= 0.6 is 0 Å². The Morgan fingerprint density at radius 2 is 1.82 bits per heavy atom. The van der Waals surface area contributed by atoms with Gasteiger partial charge in [0.25, 0.3) is 0 Å². The fourth-order valence-corrected chi connectivity index (χ4v) is 3.43. The summed E-state index contributed by atoms with van der Waals surface area (Å²) >= 11 is 0. The van der Waals surface area contributed by atoms with Crippen molar-refractivity contribution in [2.24, 2.45) is 0 Å². The summed E-state index contributed by atoms with van der Waals surface area (Å²) in [5.74, 6) is -0.784. The Hall–Kier alpha value is -2.63. The van der Waals surface area contributed by atoms with Gasteiger partial charge in [0.05, 0.1) is 11.0 Å². The SMILES string of the molecule is Nc1c(C(=O)O)c2nc3ccccc3nc2n1C1CCCC1. The molecule has 6 nitrogen and oxygen atoms in total. The summed E-state index contributed by atoms with van der Waals surface area (Å²) in [6.45, 7) is 0. The van der Waals surface area contributed by atoms with Crippen molar-refractivity contribution in [3.05, 3.63) is 29.8 Å². The molecule has 0 radical (unpaired) electrons. The van der Waals surface area contributed by atoms with Gasteiger partial charge in [0, 0.05) is 6.04 Å². The molecule has 0 amide bonds. The van der Waals surface area contributed by atoms with Gasteiger partial charge < -0.3 is 15.4 Å². The number of rotatable bonds is 2. The highest BCUT2D eigenvalue weighted by molar-refractivity contribution is 6.07. The van der Waals surface area contributed by atoms with Gasteiger partial charge in [-0.2, -0.15) is 0 Å². The zero-order valence-corrected chi connectivity index (χ0v) is 12.0. The number of hydrogen-bond donors (Lipinski definition) is 2. The lowest BCUT2D eigenvalue weighted by molar-refractivity contribution is 0.0700. The Kier molecular flexibility index (Phi) is 2.79. The minimum atomic E-state index is -1.05. The van der Waals surface area contributed by atoms with Gasteiger partial charge in [0.15, 0.2) is 5.65 Å². The van der Waals surface area contributed by atoms with Crippen LogP contribution in [-0.2, 0) is 0 Å². The Labute approximate surface area is 126 Å². The summed E-state index contributed by atoms with van der Waals surface area (Å²) in [5.41, 5.74) is 8.63. The van der Waals surface area contributed by atoms with Crippen LogP contribution in [0.5, 0.6) is 0 Å². The first kappa shape index (κ1) is 13.1. The van der Waals surface area contributed by atoms with Crippen molar-refractivity contribution in [2.75, 3.05) is 5.73 Å². The maximum atomic E-state index is 11.6. The van der Waals surface area contributed by atoms with Crippen LogP contribution in [-0.4, -0.2) is 25.6 Å². The molecule has 0 bridgehead atoms. The number of nitrogens with zero attached hydrogens (tertiary/aromatic N) is 3. The first-order valence-corrected chi connectivity index (χ1v) is 7.46. The fourth-order valence-electron chi connectivity index (χ4n) is 3.43. The summed E-state index contributed by atoms with van der Waals surface area (Å²) in [6.07, 6.45) is 4.27. The van der Waals surface area contributed by atoms with E-state index in [-0.39, 0.29) is 17.4 Å². The average molecular weight is 296 g/mol. The van der Waals surface area contributed by atoms with E-state index >= 15 is 0 Å². The van der Waals surface area contributed by atoms with E-state index in [4.69, 9.17) is 5.73 Å². The third-order valence-electron chi connectivity index (χ3n) is 4.44. The van der Waals surface area contributed by atoms with E-state index in [9.17, 15) is 9.90 Å². The standard InChI is InChI=1S/C16H16N4O2/c17-14-12(16(21)22)13-15(20(14)9-5-1-2-6-9)19-11-8-4-3-7-10(11)18-13/h3-4,7-9H,1-2,5-6,17H2,(H,21,22). The number of nitrogens with two attached hydrogens (primary N) is 1. The number of aromatic nitrogens is 3.